The average molecular weight is 230 g/mol. The number of nitrogens with zero attached hydrogens (tertiary/aromatic N) is 1. The summed E-state index contributed by atoms with van der Waals surface area (Å²) < 4.78 is 38.0. The highest BCUT2D eigenvalue weighted by Crippen LogP contribution is 2.48. The molecule has 1 saturated carbocycles. The molecule has 0 amide bonds. The van der Waals surface area contributed by atoms with Crippen molar-refractivity contribution in [3.63, 3.8) is 0 Å². The molecular weight excluding hydrogens is 217 g/mol. The van der Waals surface area contributed by atoms with Crippen LogP contribution in [0.1, 0.15) is 24.0 Å². The molecule has 16 heavy (non-hydrogen) atoms. The van der Waals surface area contributed by atoms with Crippen LogP contribution >= 0.6 is 0 Å². The number of nitrogens with two attached hydrogens (primary N) is 1. The highest BCUT2D eigenvalue weighted by molar-refractivity contribution is 5.28. The molecule has 0 bridgehead atoms. The molecule has 2 N–H and O–H groups in total. The van der Waals surface area contributed by atoms with E-state index in [1.165, 1.54) is 12.3 Å². The zero-order valence-corrected chi connectivity index (χ0v) is 8.72. The molecule has 0 aromatic carbocycles. The molecule has 0 spiro atoms. The minimum Gasteiger partial charge on any atom is -0.330 e. The summed E-state index contributed by atoms with van der Waals surface area (Å²) in [5.41, 5.74) is 5.16. The number of hydrogen-bond donors (Lipinski definition) is 1. The van der Waals surface area contributed by atoms with Crippen molar-refractivity contribution < 1.29 is 13.2 Å². The van der Waals surface area contributed by atoms with Gasteiger partial charge in [-0.15, -0.1) is 0 Å². The van der Waals surface area contributed by atoms with Gasteiger partial charge < -0.3 is 5.73 Å². The second-order valence-corrected chi connectivity index (χ2v) is 4.41. The molecule has 2 nitrogen and oxygen atoms in total. The second kappa shape index (κ2) is 3.73. The Balaban J connectivity index is 2.27. The number of pyridine rings is 1. The SMILES string of the molecule is NCC1(Cc2ccncc2C(F)(F)F)CC1. The summed E-state index contributed by atoms with van der Waals surface area (Å²) in [5, 5.41) is 0. The molecule has 1 aliphatic carbocycles. The Hall–Kier alpha value is -1.10. The Kier molecular flexibility index (Phi) is 2.66. The monoisotopic (exact) mass is 230 g/mol. The molecule has 1 aromatic heterocycles. The lowest BCUT2D eigenvalue weighted by Gasteiger charge is -2.16. The van der Waals surface area contributed by atoms with Gasteiger partial charge in [0.05, 0.1) is 5.56 Å². The molecule has 1 heterocycles. The standard InChI is InChI=1S/C11H13F3N2/c12-11(13,14)9-6-16-4-1-8(9)5-10(7-15)2-3-10/h1,4,6H,2-3,5,7,15H2. The van der Waals surface area contributed by atoms with Crippen LogP contribution in [0.5, 0.6) is 0 Å². The first-order valence-corrected chi connectivity index (χ1v) is 5.17. The van der Waals surface area contributed by atoms with Crippen LogP contribution in [-0.2, 0) is 12.6 Å². The van der Waals surface area contributed by atoms with Gasteiger partial charge in [-0.3, -0.25) is 4.98 Å². The van der Waals surface area contributed by atoms with Gasteiger partial charge in [-0.2, -0.15) is 13.2 Å². The summed E-state index contributed by atoms with van der Waals surface area (Å²) in [4.78, 5) is 3.54. The van der Waals surface area contributed by atoms with Gasteiger partial charge in [0.25, 0.3) is 0 Å². The first-order chi connectivity index (χ1) is 7.47. The topological polar surface area (TPSA) is 38.9 Å². The fraction of sp³-hybridized carbons (Fsp3) is 0.545. The summed E-state index contributed by atoms with van der Waals surface area (Å²) >= 11 is 0. The molecule has 0 radical (unpaired) electrons. The van der Waals surface area contributed by atoms with Crippen LogP contribution in [0.4, 0.5) is 13.2 Å². The van der Waals surface area contributed by atoms with E-state index in [-0.39, 0.29) is 5.41 Å². The lowest BCUT2D eigenvalue weighted by atomic mass is 9.94. The van der Waals surface area contributed by atoms with Crippen molar-refractivity contribution in [2.75, 3.05) is 6.54 Å². The molecule has 0 atom stereocenters. The average Bonchev–Trinajstić information content (AvgIpc) is 2.98. The molecule has 1 aromatic rings. The van der Waals surface area contributed by atoms with E-state index in [4.69, 9.17) is 5.73 Å². The van der Waals surface area contributed by atoms with E-state index in [1.807, 2.05) is 0 Å². The minimum atomic E-state index is -4.33. The lowest BCUT2D eigenvalue weighted by molar-refractivity contribution is -0.138. The molecule has 0 saturated heterocycles. The first-order valence-electron chi connectivity index (χ1n) is 5.17. The minimum absolute atomic E-state index is 0.0959. The van der Waals surface area contributed by atoms with Gasteiger partial charge in [0, 0.05) is 12.4 Å². The number of hydrogen-bond acceptors (Lipinski definition) is 2. The third-order valence-corrected chi connectivity index (χ3v) is 3.17. The van der Waals surface area contributed by atoms with Crippen molar-refractivity contribution in [3.8, 4) is 0 Å². The summed E-state index contributed by atoms with van der Waals surface area (Å²) in [6, 6.07) is 1.44. The molecule has 1 fully saturated rings. The van der Waals surface area contributed by atoms with Crippen LogP contribution in [0.2, 0.25) is 0 Å². The fourth-order valence-electron chi connectivity index (χ4n) is 1.87. The maximum absolute atomic E-state index is 12.7. The van der Waals surface area contributed by atoms with Crippen molar-refractivity contribution in [1.29, 1.82) is 0 Å². The van der Waals surface area contributed by atoms with E-state index >= 15 is 0 Å². The Morgan fingerprint density at radius 2 is 2.06 bits per heavy atom. The number of alkyl halides is 3. The number of aromatic nitrogens is 1. The van der Waals surface area contributed by atoms with Crippen LogP contribution in [0.25, 0.3) is 0 Å². The van der Waals surface area contributed by atoms with Gasteiger partial charge in [-0.1, -0.05) is 0 Å². The van der Waals surface area contributed by atoms with Crippen molar-refractivity contribution in [2.24, 2.45) is 11.1 Å². The molecular formula is C11H13F3N2. The smallest absolute Gasteiger partial charge is 0.330 e. The maximum Gasteiger partial charge on any atom is 0.418 e. The summed E-state index contributed by atoms with van der Waals surface area (Å²) in [7, 11) is 0. The molecule has 0 unspecified atom stereocenters. The quantitative estimate of drug-likeness (QED) is 0.865. The van der Waals surface area contributed by atoms with Crippen molar-refractivity contribution in [1.82, 2.24) is 4.98 Å². The van der Waals surface area contributed by atoms with Crippen LogP contribution in [0.3, 0.4) is 0 Å². The maximum atomic E-state index is 12.7. The van der Waals surface area contributed by atoms with Gasteiger partial charge in [0.15, 0.2) is 0 Å². The van der Waals surface area contributed by atoms with Gasteiger partial charge in [-0.25, -0.2) is 0 Å². The molecule has 2 rings (SSSR count). The van der Waals surface area contributed by atoms with E-state index in [0.717, 1.165) is 19.0 Å². The Morgan fingerprint density at radius 1 is 1.38 bits per heavy atom. The van der Waals surface area contributed by atoms with E-state index in [0.29, 0.717) is 18.5 Å². The summed E-state index contributed by atoms with van der Waals surface area (Å²) in [5.74, 6) is 0. The zero-order chi connectivity index (χ0) is 11.8. The van der Waals surface area contributed by atoms with E-state index in [2.05, 4.69) is 4.98 Å². The largest absolute Gasteiger partial charge is 0.418 e. The highest BCUT2D eigenvalue weighted by atomic mass is 19.4. The van der Waals surface area contributed by atoms with Gasteiger partial charge in [-0.05, 0) is 42.9 Å². The van der Waals surface area contributed by atoms with E-state index < -0.39 is 11.7 Å². The second-order valence-electron chi connectivity index (χ2n) is 4.41. The molecule has 0 aliphatic heterocycles. The Bertz CT molecular complexity index is 383. The van der Waals surface area contributed by atoms with Crippen molar-refractivity contribution in [3.05, 3.63) is 29.6 Å². The Labute approximate surface area is 91.7 Å². The van der Waals surface area contributed by atoms with Crippen molar-refractivity contribution in [2.45, 2.75) is 25.4 Å². The van der Waals surface area contributed by atoms with Crippen molar-refractivity contribution >= 4 is 0 Å². The van der Waals surface area contributed by atoms with E-state index in [1.54, 1.807) is 0 Å². The predicted molar refractivity (Wildman–Crippen MR) is 53.7 cm³/mol. The number of rotatable bonds is 3. The summed E-state index contributed by atoms with van der Waals surface area (Å²) in [6.07, 6.45) is 0.209. The third-order valence-electron chi connectivity index (χ3n) is 3.17. The molecule has 88 valence electrons. The first kappa shape index (κ1) is 11.4. The highest BCUT2D eigenvalue weighted by Gasteiger charge is 2.43. The summed E-state index contributed by atoms with van der Waals surface area (Å²) in [6.45, 7) is 0.451. The van der Waals surface area contributed by atoms with Crippen LogP contribution in [-0.4, -0.2) is 11.5 Å². The normalized spacial score (nSPS) is 18.5. The van der Waals surface area contributed by atoms with Crippen LogP contribution in [0.15, 0.2) is 18.5 Å². The third kappa shape index (κ3) is 2.19. The Morgan fingerprint density at radius 3 is 2.56 bits per heavy atom. The molecule has 1 aliphatic rings. The van der Waals surface area contributed by atoms with Gasteiger partial charge in [0.1, 0.15) is 0 Å². The van der Waals surface area contributed by atoms with Gasteiger partial charge >= 0.3 is 6.18 Å². The predicted octanol–water partition coefficient (Wildman–Crippen LogP) is 2.38. The zero-order valence-electron chi connectivity index (χ0n) is 8.72. The molecule has 5 heteroatoms. The van der Waals surface area contributed by atoms with E-state index in [9.17, 15) is 13.2 Å². The number of halogens is 3. The van der Waals surface area contributed by atoms with Crippen LogP contribution in [0, 0.1) is 5.41 Å². The van der Waals surface area contributed by atoms with Crippen LogP contribution < -0.4 is 5.73 Å². The lowest BCUT2D eigenvalue weighted by Crippen LogP contribution is -2.20. The van der Waals surface area contributed by atoms with Gasteiger partial charge in [0.2, 0.25) is 0 Å². The fourth-order valence-corrected chi connectivity index (χ4v) is 1.87.